The Hall–Kier alpha value is -3.16. The molecule has 8 heteroatoms. The third kappa shape index (κ3) is 2.85. The highest BCUT2D eigenvalue weighted by Gasteiger charge is 2.23. The average molecular weight is 335 g/mol. The molecule has 0 aliphatic rings. The number of carbonyl (C=O) groups is 1. The number of amides is 1. The summed E-state index contributed by atoms with van der Waals surface area (Å²) in [6.45, 7) is 0. The summed E-state index contributed by atoms with van der Waals surface area (Å²) in [6, 6.07) is 10.6. The van der Waals surface area contributed by atoms with Crippen LogP contribution in [-0.4, -0.2) is 15.7 Å². The van der Waals surface area contributed by atoms with Gasteiger partial charge in [-0.25, -0.2) is 22.2 Å². The van der Waals surface area contributed by atoms with E-state index < -0.39 is 34.7 Å². The second-order valence-corrected chi connectivity index (χ2v) is 4.78. The van der Waals surface area contributed by atoms with Crippen LogP contribution in [0.4, 0.5) is 23.4 Å². The number of halogens is 4. The molecule has 3 rings (SSSR count). The molecule has 1 aromatic heterocycles. The predicted molar refractivity (Wildman–Crippen MR) is 77.8 cm³/mol. The molecule has 0 aliphatic carbocycles. The van der Waals surface area contributed by atoms with Crippen LogP contribution in [0.25, 0.3) is 5.69 Å². The van der Waals surface area contributed by atoms with Gasteiger partial charge in [-0.2, -0.15) is 5.10 Å². The Morgan fingerprint density at radius 1 is 0.958 bits per heavy atom. The lowest BCUT2D eigenvalue weighted by molar-refractivity contribution is 0.102. The summed E-state index contributed by atoms with van der Waals surface area (Å²) in [5.41, 5.74) is -0.247. The molecule has 0 bridgehead atoms. The fraction of sp³-hybridized carbons (Fsp3) is 0. The monoisotopic (exact) mass is 335 g/mol. The smallest absolute Gasteiger partial charge is 0.260 e. The standard InChI is InChI=1S/C16H9F4N3O/c17-11-8-10(13(18)15(20)14(11)19)16(24)21-12-6-7-23(22-12)9-4-2-1-3-5-9/h1-8H,(H,21,22,24). The molecule has 1 amide bonds. The molecule has 24 heavy (non-hydrogen) atoms. The summed E-state index contributed by atoms with van der Waals surface area (Å²) in [6.07, 6.45) is 1.53. The van der Waals surface area contributed by atoms with Gasteiger partial charge in [0.05, 0.1) is 11.3 Å². The predicted octanol–water partition coefficient (Wildman–Crippen LogP) is 3.68. The lowest BCUT2D eigenvalue weighted by atomic mass is 10.1. The number of para-hydroxylation sites is 1. The number of anilines is 1. The van der Waals surface area contributed by atoms with Crippen molar-refractivity contribution in [3.63, 3.8) is 0 Å². The van der Waals surface area contributed by atoms with Crippen LogP contribution in [0.1, 0.15) is 10.4 Å². The minimum absolute atomic E-state index is 0.0356. The molecule has 0 fully saturated rings. The van der Waals surface area contributed by atoms with Crippen molar-refractivity contribution in [2.24, 2.45) is 0 Å². The summed E-state index contributed by atoms with van der Waals surface area (Å²) in [5, 5.41) is 6.24. The van der Waals surface area contributed by atoms with Gasteiger partial charge in [-0.15, -0.1) is 0 Å². The third-order valence-corrected chi connectivity index (χ3v) is 3.20. The molecule has 2 aromatic carbocycles. The summed E-state index contributed by atoms with van der Waals surface area (Å²) in [7, 11) is 0. The molecule has 1 N–H and O–H groups in total. The van der Waals surface area contributed by atoms with Crippen molar-refractivity contribution >= 4 is 11.7 Å². The Bertz CT molecular complexity index is 909. The number of aromatic nitrogens is 2. The van der Waals surface area contributed by atoms with Gasteiger partial charge in [0.25, 0.3) is 5.91 Å². The fourth-order valence-corrected chi connectivity index (χ4v) is 2.04. The van der Waals surface area contributed by atoms with Gasteiger partial charge in [-0.3, -0.25) is 4.79 Å². The molecule has 0 atom stereocenters. The Morgan fingerprint density at radius 2 is 1.67 bits per heavy atom. The van der Waals surface area contributed by atoms with E-state index in [4.69, 9.17) is 0 Å². The molecule has 0 saturated carbocycles. The van der Waals surface area contributed by atoms with Crippen LogP contribution in [0.3, 0.4) is 0 Å². The molecule has 4 nitrogen and oxygen atoms in total. The van der Waals surface area contributed by atoms with E-state index in [1.165, 1.54) is 16.9 Å². The highest BCUT2D eigenvalue weighted by atomic mass is 19.2. The van der Waals surface area contributed by atoms with Crippen LogP contribution in [-0.2, 0) is 0 Å². The lowest BCUT2D eigenvalue weighted by Crippen LogP contribution is -2.16. The molecule has 122 valence electrons. The Labute approximate surface area is 133 Å². The van der Waals surface area contributed by atoms with E-state index in [9.17, 15) is 22.4 Å². The molecular formula is C16H9F4N3O. The third-order valence-electron chi connectivity index (χ3n) is 3.20. The van der Waals surface area contributed by atoms with E-state index >= 15 is 0 Å². The number of carbonyl (C=O) groups excluding carboxylic acids is 1. The SMILES string of the molecule is O=C(Nc1ccn(-c2ccccc2)n1)c1cc(F)c(F)c(F)c1F. The van der Waals surface area contributed by atoms with Gasteiger partial charge < -0.3 is 5.32 Å². The second-order valence-electron chi connectivity index (χ2n) is 4.78. The average Bonchev–Trinajstić information content (AvgIpc) is 3.05. The second kappa shape index (κ2) is 6.15. The van der Waals surface area contributed by atoms with Crippen LogP contribution < -0.4 is 5.32 Å². The van der Waals surface area contributed by atoms with Gasteiger partial charge >= 0.3 is 0 Å². The van der Waals surface area contributed by atoms with Crippen molar-refractivity contribution in [3.8, 4) is 5.69 Å². The van der Waals surface area contributed by atoms with E-state index in [2.05, 4.69) is 10.4 Å². The summed E-state index contributed by atoms with van der Waals surface area (Å²) in [5.74, 6) is -8.56. The number of rotatable bonds is 3. The van der Waals surface area contributed by atoms with E-state index in [0.29, 0.717) is 5.69 Å². The molecule has 1 heterocycles. The minimum Gasteiger partial charge on any atom is -0.305 e. The van der Waals surface area contributed by atoms with E-state index in [1.807, 2.05) is 6.07 Å². The Morgan fingerprint density at radius 3 is 2.38 bits per heavy atom. The first-order chi connectivity index (χ1) is 11.5. The normalized spacial score (nSPS) is 10.7. The van der Waals surface area contributed by atoms with Crippen LogP contribution in [0.5, 0.6) is 0 Å². The van der Waals surface area contributed by atoms with Gasteiger partial charge in [0.1, 0.15) is 0 Å². The summed E-state index contributed by atoms with van der Waals surface area (Å²) < 4.78 is 54.3. The van der Waals surface area contributed by atoms with Crippen LogP contribution in [0, 0.1) is 23.3 Å². The van der Waals surface area contributed by atoms with Gasteiger partial charge in [-0.1, -0.05) is 18.2 Å². The Balaban J connectivity index is 1.85. The largest absolute Gasteiger partial charge is 0.305 e. The van der Waals surface area contributed by atoms with Gasteiger partial charge in [-0.05, 0) is 18.2 Å². The highest BCUT2D eigenvalue weighted by Crippen LogP contribution is 2.20. The maximum Gasteiger partial charge on any atom is 0.260 e. The van der Waals surface area contributed by atoms with Crippen LogP contribution >= 0.6 is 0 Å². The topological polar surface area (TPSA) is 46.9 Å². The van der Waals surface area contributed by atoms with Crippen LogP contribution in [0.2, 0.25) is 0 Å². The molecule has 3 aromatic rings. The van der Waals surface area contributed by atoms with Gasteiger partial charge in [0.2, 0.25) is 0 Å². The zero-order valence-electron chi connectivity index (χ0n) is 11.9. The number of nitrogens with zero attached hydrogens (tertiary/aromatic N) is 2. The zero-order chi connectivity index (χ0) is 17.3. The highest BCUT2D eigenvalue weighted by molar-refractivity contribution is 6.04. The van der Waals surface area contributed by atoms with Crippen molar-refractivity contribution in [2.45, 2.75) is 0 Å². The zero-order valence-corrected chi connectivity index (χ0v) is 11.9. The number of hydrogen-bond acceptors (Lipinski definition) is 2. The number of hydrogen-bond donors (Lipinski definition) is 1. The van der Waals surface area contributed by atoms with E-state index in [0.717, 1.165) is 0 Å². The first kappa shape index (κ1) is 15.7. The quantitative estimate of drug-likeness (QED) is 0.451. The van der Waals surface area contributed by atoms with Crippen LogP contribution in [0.15, 0.2) is 48.7 Å². The van der Waals surface area contributed by atoms with Crippen molar-refractivity contribution in [3.05, 3.63) is 77.5 Å². The van der Waals surface area contributed by atoms with Crippen molar-refractivity contribution in [2.75, 3.05) is 5.32 Å². The number of nitrogens with one attached hydrogen (secondary N) is 1. The molecule has 0 aliphatic heterocycles. The van der Waals surface area contributed by atoms with Crippen molar-refractivity contribution < 1.29 is 22.4 Å². The van der Waals surface area contributed by atoms with Crippen molar-refractivity contribution in [1.82, 2.24) is 9.78 Å². The lowest BCUT2D eigenvalue weighted by Gasteiger charge is -2.06. The minimum atomic E-state index is -2.05. The molecule has 0 unspecified atom stereocenters. The molecule has 0 saturated heterocycles. The molecule has 0 spiro atoms. The van der Waals surface area contributed by atoms with Gasteiger partial charge in [0, 0.05) is 12.3 Å². The fourth-order valence-electron chi connectivity index (χ4n) is 2.04. The molecule has 0 radical (unpaired) electrons. The van der Waals surface area contributed by atoms with E-state index in [1.54, 1.807) is 24.3 Å². The summed E-state index contributed by atoms with van der Waals surface area (Å²) >= 11 is 0. The maximum absolute atomic E-state index is 13.6. The molecular weight excluding hydrogens is 326 g/mol. The summed E-state index contributed by atoms with van der Waals surface area (Å²) in [4.78, 5) is 11.9. The number of benzene rings is 2. The first-order valence-corrected chi connectivity index (χ1v) is 6.73. The van der Waals surface area contributed by atoms with Gasteiger partial charge in [0.15, 0.2) is 29.1 Å². The van der Waals surface area contributed by atoms with Crippen molar-refractivity contribution in [1.29, 1.82) is 0 Å². The first-order valence-electron chi connectivity index (χ1n) is 6.73. The maximum atomic E-state index is 13.6. The van der Waals surface area contributed by atoms with E-state index in [-0.39, 0.29) is 11.9 Å². The Kier molecular flexibility index (Phi) is 4.03.